The van der Waals surface area contributed by atoms with Crippen LogP contribution in [-0.2, 0) is 0 Å². The van der Waals surface area contributed by atoms with E-state index in [2.05, 4.69) is 20.6 Å². The Balaban J connectivity index is 1.85. The smallest absolute Gasteiger partial charge is 0.274 e. The van der Waals surface area contributed by atoms with Gasteiger partial charge in [0.1, 0.15) is 5.69 Å². The van der Waals surface area contributed by atoms with E-state index in [9.17, 15) is 4.79 Å². The molecule has 0 aliphatic carbocycles. The highest BCUT2D eigenvalue weighted by molar-refractivity contribution is 6.03. The van der Waals surface area contributed by atoms with Crippen molar-refractivity contribution in [1.29, 1.82) is 5.26 Å². The van der Waals surface area contributed by atoms with Crippen molar-refractivity contribution >= 4 is 23.2 Å². The Labute approximate surface area is 157 Å². The van der Waals surface area contributed by atoms with Crippen LogP contribution in [0.2, 0.25) is 0 Å². The molecule has 3 rings (SSSR count). The average Bonchev–Trinajstić information content (AvgIpc) is 2.64. The van der Waals surface area contributed by atoms with Gasteiger partial charge in [0, 0.05) is 17.1 Å². The highest BCUT2D eigenvalue weighted by Crippen LogP contribution is 2.20. The number of nitrogens with one attached hydrogen (secondary N) is 2. The maximum atomic E-state index is 12.6. The molecule has 0 saturated carbocycles. The normalized spacial score (nSPS) is 10.1. The van der Waals surface area contributed by atoms with Gasteiger partial charge in [-0.25, -0.2) is 9.97 Å². The Morgan fingerprint density at radius 1 is 1.04 bits per heavy atom. The Kier molecular flexibility index (Phi) is 5.13. The third-order valence-electron chi connectivity index (χ3n) is 3.98. The van der Waals surface area contributed by atoms with Crippen LogP contribution in [0.4, 0.5) is 17.3 Å². The molecule has 3 aromatic rings. The number of aryl methyl sites for hydroxylation is 3. The average molecular weight is 357 g/mol. The van der Waals surface area contributed by atoms with Gasteiger partial charge in [0.25, 0.3) is 5.91 Å². The van der Waals surface area contributed by atoms with Gasteiger partial charge < -0.3 is 10.6 Å². The van der Waals surface area contributed by atoms with Crippen molar-refractivity contribution in [1.82, 2.24) is 9.97 Å². The lowest BCUT2D eigenvalue weighted by Crippen LogP contribution is -2.15. The van der Waals surface area contributed by atoms with Gasteiger partial charge in [0.15, 0.2) is 0 Å². The lowest BCUT2D eigenvalue weighted by atomic mass is 10.1. The van der Waals surface area contributed by atoms with Crippen molar-refractivity contribution < 1.29 is 4.79 Å². The molecule has 2 aromatic carbocycles. The second kappa shape index (κ2) is 7.67. The van der Waals surface area contributed by atoms with Gasteiger partial charge in [-0.05, 0) is 62.2 Å². The van der Waals surface area contributed by atoms with E-state index >= 15 is 0 Å². The second-order valence-corrected chi connectivity index (χ2v) is 6.31. The van der Waals surface area contributed by atoms with E-state index in [4.69, 9.17) is 5.26 Å². The molecule has 1 heterocycles. The summed E-state index contributed by atoms with van der Waals surface area (Å²) >= 11 is 0. The van der Waals surface area contributed by atoms with Gasteiger partial charge in [-0.3, -0.25) is 4.79 Å². The zero-order chi connectivity index (χ0) is 19.4. The Hall–Kier alpha value is -3.72. The number of hydrogen-bond donors (Lipinski definition) is 2. The first-order chi connectivity index (χ1) is 12.9. The fourth-order valence-corrected chi connectivity index (χ4v) is 2.59. The first-order valence-electron chi connectivity index (χ1n) is 8.46. The summed E-state index contributed by atoms with van der Waals surface area (Å²) in [6, 6.07) is 16.5. The Morgan fingerprint density at radius 3 is 2.63 bits per heavy atom. The molecule has 0 radical (unpaired) electrons. The SMILES string of the molecule is Cc1ccc(C)c(Nc2nc(C)cc(C(=O)Nc3cccc(C#N)c3)n2)c1. The fraction of sp³-hybridized carbons (Fsp3) is 0.143. The van der Waals surface area contributed by atoms with Crippen LogP contribution in [0.25, 0.3) is 0 Å². The van der Waals surface area contributed by atoms with E-state index in [1.54, 1.807) is 30.3 Å². The van der Waals surface area contributed by atoms with Crippen LogP contribution in [0.3, 0.4) is 0 Å². The van der Waals surface area contributed by atoms with Crippen LogP contribution in [-0.4, -0.2) is 15.9 Å². The van der Waals surface area contributed by atoms with Crippen LogP contribution in [0.1, 0.15) is 32.9 Å². The van der Waals surface area contributed by atoms with Gasteiger partial charge >= 0.3 is 0 Å². The number of aromatic nitrogens is 2. The summed E-state index contributed by atoms with van der Waals surface area (Å²) in [5.74, 6) is -0.000713. The van der Waals surface area contributed by atoms with Gasteiger partial charge in [0.2, 0.25) is 5.95 Å². The third-order valence-corrected chi connectivity index (χ3v) is 3.98. The van der Waals surface area contributed by atoms with E-state index in [0.717, 1.165) is 16.8 Å². The predicted molar refractivity (Wildman–Crippen MR) is 105 cm³/mol. The summed E-state index contributed by atoms with van der Waals surface area (Å²) in [6.07, 6.45) is 0. The molecule has 2 N–H and O–H groups in total. The lowest BCUT2D eigenvalue weighted by Gasteiger charge is -2.11. The molecule has 0 bridgehead atoms. The number of nitriles is 1. The minimum absolute atomic E-state index is 0.248. The first kappa shape index (κ1) is 18.1. The number of hydrogen-bond acceptors (Lipinski definition) is 5. The Bertz CT molecular complexity index is 1050. The molecule has 0 unspecified atom stereocenters. The zero-order valence-corrected chi connectivity index (χ0v) is 15.4. The molecule has 0 saturated heterocycles. The summed E-state index contributed by atoms with van der Waals surface area (Å²) in [5.41, 5.74) is 5.01. The molecule has 6 nitrogen and oxygen atoms in total. The molecule has 134 valence electrons. The summed E-state index contributed by atoms with van der Waals surface area (Å²) < 4.78 is 0. The highest BCUT2D eigenvalue weighted by Gasteiger charge is 2.12. The monoisotopic (exact) mass is 357 g/mol. The minimum Gasteiger partial charge on any atom is -0.324 e. The molecule has 0 atom stereocenters. The van der Waals surface area contributed by atoms with Crippen molar-refractivity contribution in [2.24, 2.45) is 0 Å². The summed E-state index contributed by atoms with van der Waals surface area (Å²) in [4.78, 5) is 21.3. The fourth-order valence-electron chi connectivity index (χ4n) is 2.59. The van der Waals surface area contributed by atoms with Gasteiger partial charge in [-0.2, -0.15) is 5.26 Å². The van der Waals surface area contributed by atoms with Crippen molar-refractivity contribution in [3.05, 3.63) is 76.6 Å². The molecule has 0 spiro atoms. The molecule has 6 heteroatoms. The largest absolute Gasteiger partial charge is 0.324 e. The number of amides is 1. The number of carbonyl (C=O) groups excluding carboxylic acids is 1. The Morgan fingerprint density at radius 2 is 1.85 bits per heavy atom. The molecular weight excluding hydrogens is 338 g/mol. The highest BCUT2D eigenvalue weighted by atomic mass is 16.1. The summed E-state index contributed by atoms with van der Waals surface area (Å²) in [7, 11) is 0. The molecule has 0 aliphatic rings. The van der Waals surface area contributed by atoms with Gasteiger partial charge in [-0.1, -0.05) is 18.2 Å². The molecule has 1 aromatic heterocycles. The van der Waals surface area contributed by atoms with Crippen LogP contribution in [0.15, 0.2) is 48.5 Å². The number of nitrogens with zero attached hydrogens (tertiary/aromatic N) is 3. The topological polar surface area (TPSA) is 90.7 Å². The van der Waals surface area contributed by atoms with E-state index in [0.29, 0.717) is 22.9 Å². The zero-order valence-electron chi connectivity index (χ0n) is 15.4. The number of rotatable bonds is 4. The van der Waals surface area contributed by atoms with Crippen molar-refractivity contribution in [2.45, 2.75) is 20.8 Å². The lowest BCUT2D eigenvalue weighted by molar-refractivity contribution is 0.102. The molecule has 0 aliphatic heterocycles. The molecule has 1 amide bonds. The number of carbonyl (C=O) groups is 1. The van der Waals surface area contributed by atoms with Crippen LogP contribution >= 0.6 is 0 Å². The third kappa shape index (κ3) is 4.47. The maximum absolute atomic E-state index is 12.6. The van der Waals surface area contributed by atoms with Gasteiger partial charge in [-0.15, -0.1) is 0 Å². The predicted octanol–water partition coefficient (Wildman–Crippen LogP) is 4.27. The van der Waals surface area contributed by atoms with Crippen molar-refractivity contribution in [3.63, 3.8) is 0 Å². The van der Waals surface area contributed by atoms with E-state index in [-0.39, 0.29) is 11.6 Å². The first-order valence-corrected chi connectivity index (χ1v) is 8.46. The molecule has 0 fully saturated rings. The van der Waals surface area contributed by atoms with Crippen LogP contribution in [0.5, 0.6) is 0 Å². The van der Waals surface area contributed by atoms with Gasteiger partial charge in [0.05, 0.1) is 11.6 Å². The number of anilines is 3. The van der Waals surface area contributed by atoms with Crippen molar-refractivity contribution in [3.8, 4) is 6.07 Å². The molecular formula is C21H19N5O. The van der Waals surface area contributed by atoms with Crippen LogP contribution < -0.4 is 10.6 Å². The van der Waals surface area contributed by atoms with Crippen LogP contribution in [0, 0.1) is 32.1 Å². The maximum Gasteiger partial charge on any atom is 0.274 e. The molecule has 27 heavy (non-hydrogen) atoms. The summed E-state index contributed by atoms with van der Waals surface area (Å²) in [5, 5.41) is 14.9. The standard InChI is InChI=1S/C21H19N5O/c1-13-7-8-14(2)18(9-13)25-21-23-15(3)10-19(26-21)20(27)24-17-6-4-5-16(11-17)12-22/h4-11H,1-3H3,(H,24,27)(H,23,25,26). The quantitative estimate of drug-likeness (QED) is 0.728. The number of benzene rings is 2. The van der Waals surface area contributed by atoms with E-state index < -0.39 is 0 Å². The van der Waals surface area contributed by atoms with E-state index in [1.807, 2.05) is 45.0 Å². The van der Waals surface area contributed by atoms with Crippen molar-refractivity contribution in [2.75, 3.05) is 10.6 Å². The second-order valence-electron chi connectivity index (χ2n) is 6.31. The summed E-state index contributed by atoms with van der Waals surface area (Å²) in [6.45, 7) is 5.81. The van der Waals surface area contributed by atoms with E-state index in [1.165, 1.54) is 0 Å². The minimum atomic E-state index is -0.361.